The largest absolute Gasteiger partial charge is 0.487 e. The lowest BCUT2D eigenvalue weighted by molar-refractivity contribution is -0.0118. The number of aryl methyl sites for hydroxylation is 1. The second-order valence-corrected chi connectivity index (χ2v) is 6.44. The summed E-state index contributed by atoms with van der Waals surface area (Å²) in [5.74, 6) is 1.11. The molecule has 1 unspecified atom stereocenters. The number of fused-ring (bicyclic) bond motifs is 1. The first-order chi connectivity index (χ1) is 9.63. The maximum absolute atomic E-state index is 6.47. The number of rotatable bonds is 2. The molecule has 1 aromatic rings. The van der Waals surface area contributed by atoms with Crippen LogP contribution in [0.25, 0.3) is 0 Å². The van der Waals surface area contributed by atoms with E-state index in [9.17, 15) is 0 Å². The molecule has 3 nitrogen and oxygen atoms in total. The van der Waals surface area contributed by atoms with Crippen LogP contribution in [0.3, 0.4) is 0 Å². The molecule has 1 atom stereocenters. The molecule has 1 spiro atoms. The van der Waals surface area contributed by atoms with E-state index in [-0.39, 0.29) is 5.60 Å². The van der Waals surface area contributed by atoms with Gasteiger partial charge in [0.1, 0.15) is 11.4 Å². The molecule has 2 aliphatic rings. The molecular weight excluding hydrogens is 248 g/mol. The van der Waals surface area contributed by atoms with Gasteiger partial charge < -0.3 is 15.0 Å². The SMILES string of the molecule is CCc1ccc2c(c1)C(N(C)C)CC1(CCNCC1)O2. The van der Waals surface area contributed by atoms with Crippen LogP contribution in [0.15, 0.2) is 18.2 Å². The lowest BCUT2D eigenvalue weighted by Crippen LogP contribution is -2.50. The minimum absolute atomic E-state index is 0.0426. The second kappa shape index (κ2) is 5.38. The quantitative estimate of drug-likeness (QED) is 0.897. The van der Waals surface area contributed by atoms with Crippen molar-refractivity contribution in [3.8, 4) is 5.75 Å². The highest BCUT2D eigenvalue weighted by atomic mass is 16.5. The van der Waals surface area contributed by atoms with E-state index in [2.05, 4.69) is 49.4 Å². The van der Waals surface area contributed by atoms with Gasteiger partial charge in [0.15, 0.2) is 0 Å². The summed E-state index contributed by atoms with van der Waals surface area (Å²) < 4.78 is 6.47. The van der Waals surface area contributed by atoms with Gasteiger partial charge in [-0.3, -0.25) is 0 Å². The summed E-state index contributed by atoms with van der Waals surface area (Å²) in [6.07, 6.45) is 4.43. The molecule has 1 fully saturated rings. The third kappa shape index (κ3) is 2.45. The highest BCUT2D eigenvalue weighted by Gasteiger charge is 2.42. The van der Waals surface area contributed by atoms with E-state index >= 15 is 0 Å². The van der Waals surface area contributed by atoms with E-state index in [1.165, 1.54) is 11.1 Å². The summed E-state index contributed by atoms with van der Waals surface area (Å²) in [6.45, 7) is 4.36. The van der Waals surface area contributed by atoms with Crippen LogP contribution >= 0.6 is 0 Å². The van der Waals surface area contributed by atoms with Crippen LogP contribution in [0, 0.1) is 0 Å². The average Bonchev–Trinajstić information content (AvgIpc) is 2.46. The molecule has 110 valence electrons. The van der Waals surface area contributed by atoms with Gasteiger partial charge >= 0.3 is 0 Å². The van der Waals surface area contributed by atoms with Crippen molar-refractivity contribution in [1.82, 2.24) is 10.2 Å². The average molecular weight is 274 g/mol. The van der Waals surface area contributed by atoms with E-state index in [4.69, 9.17) is 4.74 Å². The number of nitrogens with one attached hydrogen (secondary N) is 1. The molecule has 0 bridgehead atoms. The zero-order valence-corrected chi connectivity index (χ0v) is 12.9. The highest BCUT2D eigenvalue weighted by Crippen LogP contribution is 2.45. The fourth-order valence-corrected chi connectivity index (χ4v) is 3.56. The molecule has 0 amide bonds. The highest BCUT2D eigenvalue weighted by molar-refractivity contribution is 5.42. The van der Waals surface area contributed by atoms with Crippen molar-refractivity contribution in [3.63, 3.8) is 0 Å². The standard InChI is InChI=1S/C17H26N2O/c1-4-13-5-6-16-14(11-13)15(19(2)3)12-17(20-16)7-9-18-10-8-17/h5-6,11,15,18H,4,7-10,12H2,1-3H3. The van der Waals surface area contributed by atoms with Crippen LogP contribution in [0.1, 0.15) is 43.4 Å². The maximum Gasteiger partial charge on any atom is 0.124 e. The molecule has 0 aliphatic carbocycles. The smallest absolute Gasteiger partial charge is 0.124 e. The van der Waals surface area contributed by atoms with Crippen molar-refractivity contribution in [1.29, 1.82) is 0 Å². The number of piperidine rings is 1. The molecule has 1 aromatic carbocycles. The van der Waals surface area contributed by atoms with Gasteiger partial charge in [0.05, 0.1) is 0 Å². The molecule has 0 aromatic heterocycles. The minimum atomic E-state index is 0.0426. The second-order valence-electron chi connectivity index (χ2n) is 6.44. The summed E-state index contributed by atoms with van der Waals surface area (Å²) in [6, 6.07) is 7.22. The number of benzene rings is 1. The van der Waals surface area contributed by atoms with Gasteiger partial charge in [-0.1, -0.05) is 19.1 Å². The van der Waals surface area contributed by atoms with Gasteiger partial charge in [-0.15, -0.1) is 0 Å². The Morgan fingerprint density at radius 3 is 2.70 bits per heavy atom. The van der Waals surface area contributed by atoms with Crippen molar-refractivity contribution in [2.24, 2.45) is 0 Å². The van der Waals surface area contributed by atoms with E-state index in [1.54, 1.807) is 0 Å². The van der Waals surface area contributed by atoms with Crippen LogP contribution < -0.4 is 10.1 Å². The molecule has 0 radical (unpaired) electrons. The molecule has 1 saturated heterocycles. The monoisotopic (exact) mass is 274 g/mol. The fraction of sp³-hybridized carbons (Fsp3) is 0.647. The Balaban J connectivity index is 1.98. The third-order valence-corrected chi connectivity index (χ3v) is 4.87. The summed E-state index contributed by atoms with van der Waals surface area (Å²) in [7, 11) is 4.38. The van der Waals surface area contributed by atoms with Gasteiger partial charge in [-0.05, 0) is 58.1 Å². The van der Waals surface area contributed by atoms with Gasteiger partial charge in [0, 0.05) is 18.0 Å². The number of ether oxygens (including phenoxy) is 1. The Morgan fingerprint density at radius 1 is 1.30 bits per heavy atom. The zero-order chi connectivity index (χ0) is 14.2. The van der Waals surface area contributed by atoms with E-state index in [0.29, 0.717) is 6.04 Å². The first-order valence-corrected chi connectivity index (χ1v) is 7.82. The van der Waals surface area contributed by atoms with Crippen molar-refractivity contribution in [2.75, 3.05) is 27.2 Å². The molecule has 2 heterocycles. The summed E-state index contributed by atoms with van der Waals surface area (Å²) in [5.41, 5.74) is 2.82. The van der Waals surface area contributed by atoms with Crippen LogP contribution in [0.5, 0.6) is 5.75 Å². The number of hydrogen-bond donors (Lipinski definition) is 1. The molecule has 3 rings (SSSR count). The van der Waals surface area contributed by atoms with Gasteiger partial charge in [0.25, 0.3) is 0 Å². The molecule has 3 heteroatoms. The van der Waals surface area contributed by atoms with Gasteiger partial charge in [-0.25, -0.2) is 0 Å². The maximum atomic E-state index is 6.47. The molecule has 0 saturated carbocycles. The topological polar surface area (TPSA) is 24.5 Å². The van der Waals surface area contributed by atoms with E-state index in [0.717, 1.165) is 44.5 Å². The van der Waals surface area contributed by atoms with Crippen LogP contribution in [0.2, 0.25) is 0 Å². The van der Waals surface area contributed by atoms with Crippen molar-refractivity contribution < 1.29 is 4.74 Å². The Labute approximate surface area is 122 Å². The van der Waals surface area contributed by atoms with Crippen molar-refractivity contribution in [2.45, 2.75) is 44.2 Å². The van der Waals surface area contributed by atoms with Gasteiger partial charge in [0.2, 0.25) is 0 Å². The lowest BCUT2D eigenvalue weighted by atomic mass is 9.80. The van der Waals surface area contributed by atoms with E-state index < -0.39 is 0 Å². The summed E-state index contributed by atoms with van der Waals surface area (Å²) in [5, 5.41) is 3.45. The molecule has 2 aliphatic heterocycles. The van der Waals surface area contributed by atoms with Crippen molar-refractivity contribution >= 4 is 0 Å². The van der Waals surface area contributed by atoms with Crippen LogP contribution in [0.4, 0.5) is 0 Å². The zero-order valence-electron chi connectivity index (χ0n) is 12.9. The Morgan fingerprint density at radius 2 is 2.05 bits per heavy atom. The number of nitrogens with zero attached hydrogens (tertiary/aromatic N) is 1. The van der Waals surface area contributed by atoms with Gasteiger partial charge in [-0.2, -0.15) is 0 Å². The molecule has 20 heavy (non-hydrogen) atoms. The van der Waals surface area contributed by atoms with Crippen LogP contribution in [-0.4, -0.2) is 37.7 Å². The predicted octanol–water partition coefficient (Wildman–Crippen LogP) is 2.76. The molecular formula is C17H26N2O. The summed E-state index contributed by atoms with van der Waals surface area (Å²) in [4.78, 5) is 2.35. The first-order valence-electron chi connectivity index (χ1n) is 7.82. The Hall–Kier alpha value is -1.06. The number of hydrogen-bond acceptors (Lipinski definition) is 3. The molecule has 1 N–H and O–H groups in total. The first kappa shape index (κ1) is 13.9. The minimum Gasteiger partial charge on any atom is -0.487 e. The Bertz CT molecular complexity index is 478. The third-order valence-electron chi connectivity index (χ3n) is 4.87. The van der Waals surface area contributed by atoms with E-state index in [1.807, 2.05) is 0 Å². The lowest BCUT2D eigenvalue weighted by Gasteiger charge is -2.46. The normalized spacial score (nSPS) is 24.5. The van der Waals surface area contributed by atoms with Crippen molar-refractivity contribution in [3.05, 3.63) is 29.3 Å². The van der Waals surface area contributed by atoms with Crippen LogP contribution in [-0.2, 0) is 6.42 Å². The fourth-order valence-electron chi connectivity index (χ4n) is 3.56. The predicted molar refractivity (Wildman–Crippen MR) is 82.3 cm³/mol. The Kier molecular flexibility index (Phi) is 3.74. The summed E-state index contributed by atoms with van der Waals surface area (Å²) >= 11 is 0.